The van der Waals surface area contributed by atoms with Gasteiger partial charge in [-0.1, -0.05) is 6.07 Å². The molecule has 1 aliphatic heterocycles. The van der Waals surface area contributed by atoms with Crippen molar-refractivity contribution < 1.29 is 33.4 Å². The first kappa shape index (κ1) is 21.3. The van der Waals surface area contributed by atoms with Gasteiger partial charge in [-0.05, 0) is 31.4 Å². The van der Waals surface area contributed by atoms with E-state index in [-0.39, 0.29) is 13.2 Å². The normalized spacial score (nSPS) is 17.5. The third-order valence-corrected chi connectivity index (χ3v) is 4.33. The van der Waals surface area contributed by atoms with E-state index in [1.807, 2.05) is 0 Å². The van der Waals surface area contributed by atoms with Crippen LogP contribution in [0.2, 0.25) is 0 Å². The highest BCUT2D eigenvalue weighted by atomic mass is 19.1. The molecular formula is C18H22FN3O6. The average Bonchev–Trinajstić information content (AvgIpc) is 2.71. The van der Waals surface area contributed by atoms with Gasteiger partial charge >= 0.3 is 12.1 Å². The maximum Gasteiger partial charge on any atom is 0.410 e. The standard InChI is InChI=1S/C18H22FN3O6/c19-10-15(23)13(9-16(24)25)21-17(26)14-6-2-4-8-22(14)18(27)28-11-12-5-1-3-7-20-12/h1,3,5,7,13-14H,2,4,6,8-11H2,(H,21,26)(H,24,25)/t13?,14-/m0/s1. The number of hydrogen-bond donors (Lipinski definition) is 2. The van der Waals surface area contributed by atoms with Gasteiger partial charge in [0, 0.05) is 12.7 Å². The maximum absolute atomic E-state index is 12.7. The predicted octanol–water partition coefficient (Wildman–Crippen LogP) is 1.07. The Labute approximate surface area is 160 Å². The van der Waals surface area contributed by atoms with Crippen LogP contribution in [-0.4, -0.2) is 64.0 Å². The summed E-state index contributed by atoms with van der Waals surface area (Å²) < 4.78 is 17.9. The Morgan fingerprint density at radius 3 is 2.75 bits per heavy atom. The molecule has 2 heterocycles. The number of pyridine rings is 1. The number of nitrogens with one attached hydrogen (secondary N) is 1. The fourth-order valence-corrected chi connectivity index (χ4v) is 2.91. The third-order valence-electron chi connectivity index (χ3n) is 4.33. The Bertz CT molecular complexity index is 715. The van der Waals surface area contributed by atoms with Crippen LogP contribution < -0.4 is 5.32 Å². The van der Waals surface area contributed by atoms with Crippen molar-refractivity contribution in [3.8, 4) is 0 Å². The number of nitrogens with zero attached hydrogens (tertiary/aromatic N) is 2. The van der Waals surface area contributed by atoms with E-state index in [1.165, 1.54) is 4.90 Å². The van der Waals surface area contributed by atoms with Crippen molar-refractivity contribution in [3.63, 3.8) is 0 Å². The summed E-state index contributed by atoms with van der Waals surface area (Å²) in [6.07, 6.45) is 1.79. The number of hydrogen-bond acceptors (Lipinski definition) is 6. The average molecular weight is 395 g/mol. The first-order valence-corrected chi connectivity index (χ1v) is 8.86. The summed E-state index contributed by atoms with van der Waals surface area (Å²) in [4.78, 5) is 52.7. The van der Waals surface area contributed by atoms with Crippen LogP contribution in [0.4, 0.5) is 9.18 Å². The van der Waals surface area contributed by atoms with E-state index in [1.54, 1.807) is 24.4 Å². The Balaban J connectivity index is 2.01. The van der Waals surface area contributed by atoms with Crippen LogP contribution in [0.5, 0.6) is 0 Å². The molecule has 1 saturated heterocycles. The van der Waals surface area contributed by atoms with Gasteiger partial charge in [0.1, 0.15) is 25.4 Å². The Hall–Kier alpha value is -3.04. The molecule has 2 atom stereocenters. The highest BCUT2D eigenvalue weighted by Gasteiger charge is 2.35. The van der Waals surface area contributed by atoms with Crippen LogP contribution >= 0.6 is 0 Å². The SMILES string of the molecule is O=C(O)CC(NC(=O)[C@@H]1CCCCN1C(=O)OCc1ccccn1)C(=O)CF. The molecule has 0 spiro atoms. The van der Waals surface area contributed by atoms with E-state index in [9.17, 15) is 23.6 Å². The van der Waals surface area contributed by atoms with E-state index in [2.05, 4.69) is 10.3 Å². The zero-order valence-electron chi connectivity index (χ0n) is 15.2. The zero-order valence-corrected chi connectivity index (χ0v) is 15.2. The number of aliphatic carboxylic acids is 1. The van der Waals surface area contributed by atoms with Crippen LogP contribution in [-0.2, 0) is 25.7 Å². The van der Waals surface area contributed by atoms with E-state index in [0.29, 0.717) is 25.0 Å². The molecule has 2 rings (SSSR count). The van der Waals surface area contributed by atoms with Crippen molar-refractivity contribution in [1.82, 2.24) is 15.2 Å². The van der Waals surface area contributed by atoms with Gasteiger partial charge in [0.25, 0.3) is 0 Å². The molecule has 2 N–H and O–H groups in total. The number of carbonyl (C=O) groups is 4. The van der Waals surface area contributed by atoms with Crippen molar-refractivity contribution in [2.45, 2.75) is 44.4 Å². The van der Waals surface area contributed by atoms with Crippen molar-refractivity contribution in [1.29, 1.82) is 0 Å². The zero-order chi connectivity index (χ0) is 20.5. The molecule has 0 aromatic carbocycles. The monoisotopic (exact) mass is 395 g/mol. The van der Waals surface area contributed by atoms with E-state index < -0.39 is 48.9 Å². The lowest BCUT2D eigenvalue weighted by atomic mass is 10.0. The number of aromatic nitrogens is 1. The van der Waals surface area contributed by atoms with Gasteiger partial charge in [0.15, 0.2) is 5.78 Å². The lowest BCUT2D eigenvalue weighted by Gasteiger charge is -2.34. The van der Waals surface area contributed by atoms with Gasteiger partial charge in [0.2, 0.25) is 5.91 Å². The van der Waals surface area contributed by atoms with Gasteiger partial charge in [-0.15, -0.1) is 0 Å². The molecule has 0 aliphatic carbocycles. The second-order valence-corrected chi connectivity index (χ2v) is 6.34. The van der Waals surface area contributed by atoms with Crippen molar-refractivity contribution in [2.24, 2.45) is 0 Å². The van der Waals surface area contributed by atoms with Crippen LogP contribution in [0.25, 0.3) is 0 Å². The molecule has 1 aromatic rings. The summed E-state index contributed by atoms with van der Waals surface area (Å²) in [5.74, 6) is -3.08. The molecule has 28 heavy (non-hydrogen) atoms. The number of carboxylic acids is 1. The number of carbonyl (C=O) groups excluding carboxylic acids is 3. The number of rotatable bonds is 8. The highest BCUT2D eigenvalue weighted by Crippen LogP contribution is 2.19. The number of piperidine rings is 1. The van der Waals surface area contributed by atoms with E-state index >= 15 is 0 Å². The topological polar surface area (TPSA) is 126 Å². The molecule has 9 nitrogen and oxygen atoms in total. The van der Waals surface area contributed by atoms with Crippen molar-refractivity contribution in [3.05, 3.63) is 30.1 Å². The first-order chi connectivity index (χ1) is 13.4. The first-order valence-electron chi connectivity index (χ1n) is 8.86. The molecule has 0 saturated carbocycles. The number of halogens is 1. The number of carboxylic acid groups (broad SMARTS) is 1. The van der Waals surface area contributed by atoms with Gasteiger partial charge in [0.05, 0.1) is 12.1 Å². The van der Waals surface area contributed by atoms with Gasteiger partial charge < -0.3 is 15.2 Å². The molecule has 2 amide bonds. The summed E-state index contributed by atoms with van der Waals surface area (Å²) in [5, 5.41) is 11.1. The molecule has 0 bridgehead atoms. The van der Waals surface area contributed by atoms with Crippen LogP contribution in [0.1, 0.15) is 31.4 Å². The molecule has 1 fully saturated rings. The Kier molecular flexibility index (Phi) is 7.85. The summed E-state index contributed by atoms with van der Waals surface area (Å²) in [7, 11) is 0. The lowest BCUT2D eigenvalue weighted by Crippen LogP contribution is -2.55. The molecule has 1 unspecified atom stereocenters. The van der Waals surface area contributed by atoms with Crippen LogP contribution in [0.3, 0.4) is 0 Å². The largest absolute Gasteiger partial charge is 0.481 e. The molecule has 152 valence electrons. The number of ether oxygens (including phenoxy) is 1. The minimum atomic E-state index is -1.48. The maximum atomic E-state index is 12.7. The van der Waals surface area contributed by atoms with Crippen LogP contribution in [0, 0.1) is 0 Å². The van der Waals surface area contributed by atoms with Crippen molar-refractivity contribution in [2.75, 3.05) is 13.2 Å². The second-order valence-electron chi connectivity index (χ2n) is 6.34. The number of likely N-dealkylation sites (tertiary alicyclic amines) is 1. The van der Waals surface area contributed by atoms with E-state index in [0.717, 1.165) is 0 Å². The summed E-state index contributed by atoms with van der Waals surface area (Å²) in [5.41, 5.74) is 0.545. The molecule has 1 aliphatic rings. The number of Topliss-reactive ketones (excluding diaryl/α,β-unsaturated/α-hetero) is 1. The predicted molar refractivity (Wildman–Crippen MR) is 93.9 cm³/mol. The van der Waals surface area contributed by atoms with Crippen molar-refractivity contribution >= 4 is 23.8 Å². The molecule has 0 radical (unpaired) electrons. The number of alkyl halides is 1. The van der Waals surface area contributed by atoms with Gasteiger partial charge in [-0.2, -0.15) is 0 Å². The molecular weight excluding hydrogens is 373 g/mol. The Morgan fingerprint density at radius 2 is 2.11 bits per heavy atom. The quantitative estimate of drug-likeness (QED) is 0.674. The smallest absolute Gasteiger partial charge is 0.410 e. The molecule has 10 heteroatoms. The summed E-state index contributed by atoms with van der Waals surface area (Å²) >= 11 is 0. The highest BCUT2D eigenvalue weighted by molar-refractivity contribution is 5.94. The third kappa shape index (κ3) is 6.00. The minimum Gasteiger partial charge on any atom is -0.481 e. The fourth-order valence-electron chi connectivity index (χ4n) is 2.91. The van der Waals surface area contributed by atoms with Gasteiger partial charge in [-0.25, -0.2) is 9.18 Å². The van der Waals surface area contributed by atoms with Crippen LogP contribution in [0.15, 0.2) is 24.4 Å². The van der Waals surface area contributed by atoms with E-state index in [4.69, 9.17) is 9.84 Å². The fraction of sp³-hybridized carbons (Fsp3) is 0.500. The lowest BCUT2D eigenvalue weighted by molar-refractivity contribution is -0.140. The molecule has 1 aromatic heterocycles. The Morgan fingerprint density at radius 1 is 1.32 bits per heavy atom. The second kappa shape index (κ2) is 10.3. The summed E-state index contributed by atoms with van der Waals surface area (Å²) in [6, 6.07) is 2.75. The number of ketones is 1. The minimum absolute atomic E-state index is 0.0630. The number of amides is 2. The summed E-state index contributed by atoms with van der Waals surface area (Å²) in [6.45, 7) is -1.18. The van der Waals surface area contributed by atoms with Gasteiger partial charge in [-0.3, -0.25) is 24.3 Å².